The summed E-state index contributed by atoms with van der Waals surface area (Å²) < 4.78 is 7.38. The number of nitrogens with one attached hydrogen (secondary N) is 2. The van der Waals surface area contributed by atoms with Crippen LogP contribution in [0, 0.1) is 34.5 Å². The van der Waals surface area contributed by atoms with Crippen molar-refractivity contribution < 1.29 is 9.47 Å². The maximum atomic E-state index is 7.47. The van der Waals surface area contributed by atoms with E-state index in [9.17, 15) is 0 Å². The molecule has 4 saturated carbocycles. The van der Waals surface area contributed by atoms with Crippen LogP contribution in [0.1, 0.15) is 51.4 Å². The van der Waals surface area contributed by atoms with Crippen LogP contribution >= 0.6 is 69.6 Å². The van der Waals surface area contributed by atoms with Crippen molar-refractivity contribution in [2.24, 2.45) is 23.7 Å². The zero-order chi connectivity index (χ0) is 20.7. The fraction of sp³-hybridized carbons (Fsp3) is 0.889. The van der Waals surface area contributed by atoms with Gasteiger partial charge in [-0.05, 0) is 75.0 Å². The van der Waals surface area contributed by atoms with Crippen LogP contribution in [0.15, 0.2) is 0 Å². The standard InChI is InChI=1S/2C9H12Cl3NO/c2*10-9(11,12)8(13)14-7-4-5-1-2-6(7)3-5/h2*5-7,13H,1-4H2/t2*5-,6+,7-/m10/s1. The molecule has 0 amide bonds. The number of alkyl halides is 6. The van der Waals surface area contributed by atoms with E-state index in [2.05, 4.69) is 0 Å². The Labute approximate surface area is 195 Å². The van der Waals surface area contributed by atoms with Gasteiger partial charge in [0, 0.05) is 0 Å². The lowest BCUT2D eigenvalue weighted by Gasteiger charge is -2.25. The lowest BCUT2D eigenvalue weighted by atomic mass is 9.98. The van der Waals surface area contributed by atoms with Crippen LogP contribution in [0.4, 0.5) is 0 Å². The van der Waals surface area contributed by atoms with Gasteiger partial charge in [0.2, 0.25) is 11.8 Å². The second-order valence-corrected chi connectivity index (χ2v) is 12.9. The summed E-state index contributed by atoms with van der Waals surface area (Å²) >= 11 is 33.3. The van der Waals surface area contributed by atoms with Crippen molar-refractivity contribution >= 4 is 81.4 Å². The predicted molar refractivity (Wildman–Crippen MR) is 117 cm³/mol. The minimum Gasteiger partial charge on any atom is -0.474 e. The number of ether oxygens (including phenoxy) is 2. The fourth-order valence-corrected chi connectivity index (χ4v) is 5.37. The van der Waals surface area contributed by atoms with Crippen LogP contribution in [0.2, 0.25) is 0 Å². The van der Waals surface area contributed by atoms with Crippen LogP contribution in [0.25, 0.3) is 0 Å². The highest BCUT2D eigenvalue weighted by atomic mass is 35.6. The first-order valence-corrected chi connectivity index (χ1v) is 11.8. The topological polar surface area (TPSA) is 66.2 Å². The van der Waals surface area contributed by atoms with Crippen LogP contribution in [0.5, 0.6) is 0 Å². The van der Waals surface area contributed by atoms with E-state index < -0.39 is 7.59 Å². The first-order valence-electron chi connectivity index (χ1n) is 9.58. The third-order valence-electron chi connectivity index (χ3n) is 6.40. The van der Waals surface area contributed by atoms with E-state index >= 15 is 0 Å². The van der Waals surface area contributed by atoms with Gasteiger partial charge >= 0.3 is 0 Å². The summed E-state index contributed by atoms with van der Waals surface area (Å²) in [7, 11) is 0. The molecule has 0 heterocycles. The van der Waals surface area contributed by atoms with E-state index in [1.165, 1.54) is 38.5 Å². The van der Waals surface area contributed by atoms with E-state index in [-0.39, 0.29) is 24.0 Å². The van der Waals surface area contributed by atoms with Crippen molar-refractivity contribution in [2.45, 2.75) is 71.2 Å². The van der Waals surface area contributed by atoms with E-state index in [4.69, 9.17) is 89.9 Å². The molecule has 0 radical (unpaired) electrons. The molecule has 2 N–H and O–H groups in total. The second-order valence-electron chi connectivity index (χ2n) is 8.32. The Morgan fingerprint density at radius 3 is 1.18 bits per heavy atom. The predicted octanol–water partition coefficient (Wildman–Crippen LogP) is 7.08. The highest BCUT2D eigenvalue weighted by molar-refractivity contribution is 6.76. The average molecular weight is 513 g/mol. The molecule has 0 aliphatic heterocycles. The highest BCUT2D eigenvalue weighted by Crippen LogP contribution is 2.47. The molecule has 4 fully saturated rings. The Hall–Kier alpha value is 0.680. The maximum Gasteiger partial charge on any atom is 0.265 e. The molecule has 0 unspecified atom stereocenters. The Morgan fingerprint density at radius 1 is 0.607 bits per heavy atom. The van der Waals surface area contributed by atoms with Gasteiger partial charge in [-0.15, -0.1) is 0 Å². The minimum absolute atomic E-state index is 0.108. The quantitative estimate of drug-likeness (QED) is 0.236. The Morgan fingerprint density at radius 2 is 0.964 bits per heavy atom. The molecule has 4 bridgehead atoms. The van der Waals surface area contributed by atoms with Gasteiger partial charge in [0.1, 0.15) is 12.2 Å². The zero-order valence-electron chi connectivity index (χ0n) is 15.2. The van der Waals surface area contributed by atoms with Crippen LogP contribution in [-0.2, 0) is 9.47 Å². The zero-order valence-corrected chi connectivity index (χ0v) is 19.7. The fourth-order valence-electron chi connectivity index (χ4n) is 5.10. The number of halogens is 6. The SMILES string of the molecule is N=C(O[C@@H]1C[C@@H]2CC[C@H]1C2)C(Cl)(Cl)Cl.N=C(O[C@H]1C[C@H]2CC[C@@H]1C2)C(Cl)(Cl)Cl. The molecule has 0 aromatic heterocycles. The van der Waals surface area contributed by atoms with E-state index in [1.54, 1.807) is 0 Å². The van der Waals surface area contributed by atoms with Crippen molar-refractivity contribution in [3.63, 3.8) is 0 Å². The maximum absolute atomic E-state index is 7.47. The molecule has 10 heteroatoms. The Kier molecular flexibility index (Phi) is 7.54. The lowest BCUT2D eigenvalue weighted by Crippen LogP contribution is -2.30. The molecule has 0 aromatic rings. The van der Waals surface area contributed by atoms with Gasteiger partial charge in [0.25, 0.3) is 7.59 Å². The molecular weight excluding hydrogens is 489 g/mol. The summed E-state index contributed by atoms with van der Waals surface area (Å²) in [5, 5.41) is 14.9. The van der Waals surface area contributed by atoms with Crippen molar-refractivity contribution in [1.29, 1.82) is 10.8 Å². The molecule has 0 aromatic carbocycles. The van der Waals surface area contributed by atoms with Crippen molar-refractivity contribution in [3.05, 3.63) is 0 Å². The van der Waals surface area contributed by atoms with Gasteiger partial charge < -0.3 is 9.47 Å². The highest BCUT2D eigenvalue weighted by Gasteiger charge is 2.44. The smallest absolute Gasteiger partial charge is 0.265 e. The number of fused-ring (bicyclic) bond motifs is 4. The normalized spacial score (nSPS) is 36.1. The summed E-state index contributed by atoms with van der Waals surface area (Å²) in [6.07, 6.45) is 9.69. The van der Waals surface area contributed by atoms with E-state index in [1.807, 2.05) is 0 Å². The van der Waals surface area contributed by atoms with Crippen molar-refractivity contribution in [1.82, 2.24) is 0 Å². The van der Waals surface area contributed by atoms with Gasteiger partial charge in [0.05, 0.1) is 0 Å². The van der Waals surface area contributed by atoms with Gasteiger partial charge in [-0.1, -0.05) is 69.6 Å². The van der Waals surface area contributed by atoms with Crippen LogP contribution in [-0.4, -0.2) is 31.6 Å². The van der Waals surface area contributed by atoms with Crippen molar-refractivity contribution in [3.8, 4) is 0 Å². The second kappa shape index (κ2) is 9.04. The van der Waals surface area contributed by atoms with Gasteiger partial charge in [-0.25, -0.2) is 0 Å². The molecule has 4 rings (SSSR count). The minimum atomic E-state index is -1.71. The molecule has 4 nitrogen and oxygen atoms in total. The Balaban J connectivity index is 0.000000161. The summed E-state index contributed by atoms with van der Waals surface area (Å²) in [4.78, 5) is 0. The molecule has 6 atom stereocenters. The molecule has 160 valence electrons. The number of rotatable bonds is 2. The average Bonchev–Trinajstić information content (AvgIpc) is 3.35. The summed E-state index contributed by atoms with van der Waals surface area (Å²) in [5.74, 6) is 2.22. The third-order valence-corrected chi connectivity index (χ3v) is 7.43. The third kappa shape index (κ3) is 5.88. The van der Waals surface area contributed by atoms with Crippen LogP contribution < -0.4 is 0 Å². The largest absolute Gasteiger partial charge is 0.474 e. The first kappa shape index (κ1) is 23.3. The Bertz CT molecular complexity index is 554. The summed E-state index contributed by atoms with van der Waals surface area (Å²) in [5.41, 5.74) is 0. The molecule has 4 aliphatic carbocycles. The lowest BCUT2D eigenvalue weighted by molar-refractivity contribution is 0.122. The van der Waals surface area contributed by atoms with Gasteiger partial charge in [-0.2, -0.15) is 0 Å². The van der Waals surface area contributed by atoms with E-state index in [0.717, 1.165) is 24.7 Å². The van der Waals surface area contributed by atoms with Gasteiger partial charge in [-0.3, -0.25) is 10.8 Å². The van der Waals surface area contributed by atoms with Crippen LogP contribution in [0.3, 0.4) is 0 Å². The number of hydrogen-bond acceptors (Lipinski definition) is 4. The first-order chi connectivity index (χ1) is 12.9. The summed E-state index contributed by atoms with van der Waals surface area (Å²) in [6.45, 7) is 0. The molecule has 4 aliphatic rings. The van der Waals surface area contributed by atoms with E-state index in [0.29, 0.717) is 11.8 Å². The van der Waals surface area contributed by atoms with Gasteiger partial charge in [0.15, 0.2) is 0 Å². The summed E-state index contributed by atoms with van der Waals surface area (Å²) in [6, 6.07) is 0. The monoisotopic (exact) mass is 510 g/mol. The molecule has 0 spiro atoms. The van der Waals surface area contributed by atoms with Crippen molar-refractivity contribution in [2.75, 3.05) is 0 Å². The molecule has 28 heavy (non-hydrogen) atoms. The number of hydrogen-bond donors (Lipinski definition) is 2. The molecule has 0 saturated heterocycles. The molecular formula is C18H24Cl6N2O2.